The average Bonchev–Trinajstić information content (AvgIpc) is 3.13. The molecule has 1 amide bonds. The number of hydrogen-bond acceptors (Lipinski definition) is 4. The molecule has 0 spiro atoms. The van der Waals surface area contributed by atoms with Crippen LogP contribution in [0.4, 0.5) is 0 Å². The van der Waals surface area contributed by atoms with E-state index in [0.717, 1.165) is 11.1 Å². The van der Waals surface area contributed by atoms with Gasteiger partial charge in [0.25, 0.3) is 5.91 Å². The number of thioether (sulfide) groups is 1. The highest BCUT2D eigenvalue weighted by Crippen LogP contribution is 2.20. The van der Waals surface area contributed by atoms with Crippen LogP contribution in [0.3, 0.4) is 0 Å². The third kappa shape index (κ3) is 4.49. The van der Waals surface area contributed by atoms with Gasteiger partial charge in [0, 0.05) is 15.5 Å². The highest BCUT2D eigenvalue weighted by Gasteiger charge is 2.10. The number of halogens is 1. The number of H-pyrrole nitrogens is 1. The van der Waals surface area contributed by atoms with Crippen LogP contribution in [0, 0.1) is 0 Å². The summed E-state index contributed by atoms with van der Waals surface area (Å²) in [4.78, 5) is 13.3. The fraction of sp³-hybridized carbons (Fsp3) is 0.0556. The van der Waals surface area contributed by atoms with E-state index in [2.05, 4.69) is 20.7 Å². The topological polar surface area (TPSA) is 70.1 Å². The van der Waals surface area contributed by atoms with Gasteiger partial charge in [-0.25, -0.2) is 5.43 Å². The van der Waals surface area contributed by atoms with Crippen LogP contribution in [-0.4, -0.2) is 28.6 Å². The van der Waals surface area contributed by atoms with Gasteiger partial charge in [0.1, 0.15) is 5.69 Å². The smallest absolute Gasteiger partial charge is 0.272 e. The number of nitrogens with one attached hydrogen (secondary N) is 2. The lowest BCUT2D eigenvalue weighted by Gasteiger charge is -1.98. The van der Waals surface area contributed by atoms with Gasteiger partial charge >= 0.3 is 0 Å². The van der Waals surface area contributed by atoms with Gasteiger partial charge in [0.2, 0.25) is 0 Å². The number of rotatable bonds is 5. The van der Waals surface area contributed by atoms with E-state index in [9.17, 15) is 4.79 Å². The van der Waals surface area contributed by atoms with Crippen molar-refractivity contribution < 1.29 is 4.79 Å². The first-order valence-corrected chi connectivity index (χ1v) is 9.05. The molecule has 5 nitrogen and oxygen atoms in total. The molecule has 0 unspecified atom stereocenters. The number of carbonyl (C=O) groups excluding carboxylic acids is 1. The molecule has 0 aliphatic carbocycles. The fourth-order valence-electron chi connectivity index (χ4n) is 2.12. The van der Waals surface area contributed by atoms with E-state index in [4.69, 9.17) is 11.6 Å². The number of nitrogens with zero attached hydrogens (tertiary/aromatic N) is 2. The van der Waals surface area contributed by atoms with E-state index in [1.54, 1.807) is 36.2 Å². The van der Waals surface area contributed by atoms with Crippen molar-refractivity contribution in [2.24, 2.45) is 5.10 Å². The summed E-state index contributed by atoms with van der Waals surface area (Å²) in [5, 5.41) is 11.5. The normalized spacial score (nSPS) is 11.0. The number of aromatic nitrogens is 2. The minimum Gasteiger partial charge on any atom is -0.272 e. The van der Waals surface area contributed by atoms with Gasteiger partial charge in [0.05, 0.1) is 11.9 Å². The summed E-state index contributed by atoms with van der Waals surface area (Å²) in [5.41, 5.74) is 5.26. The average molecular weight is 371 g/mol. The molecule has 1 aromatic heterocycles. The van der Waals surface area contributed by atoms with Crippen molar-refractivity contribution in [1.82, 2.24) is 15.6 Å². The second kappa shape index (κ2) is 8.00. The van der Waals surface area contributed by atoms with Crippen LogP contribution in [-0.2, 0) is 0 Å². The Bertz CT molecular complexity index is 888. The van der Waals surface area contributed by atoms with Crippen LogP contribution in [0.15, 0.2) is 64.6 Å². The number of carbonyl (C=O) groups is 1. The SMILES string of the molecule is CSc1ccc(/C=N/NC(=O)c2cc(-c3ccc(Cl)cc3)n[nH]2)cc1. The maximum Gasteiger partial charge on any atom is 0.289 e. The number of aromatic amines is 1. The van der Waals surface area contributed by atoms with Gasteiger partial charge in [0.15, 0.2) is 0 Å². The standard InChI is InChI=1S/C18H15ClN4OS/c1-25-15-8-2-12(3-9-15)11-20-23-18(24)17-10-16(21-22-17)13-4-6-14(19)7-5-13/h2-11H,1H3,(H,21,22)(H,23,24)/b20-11+. The lowest BCUT2D eigenvalue weighted by Crippen LogP contribution is -2.17. The molecule has 0 fully saturated rings. The molecule has 0 aliphatic rings. The monoisotopic (exact) mass is 370 g/mol. The summed E-state index contributed by atoms with van der Waals surface area (Å²) in [6.45, 7) is 0. The minimum atomic E-state index is -0.357. The van der Waals surface area contributed by atoms with E-state index in [0.29, 0.717) is 16.4 Å². The van der Waals surface area contributed by atoms with Gasteiger partial charge in [-0.3, -0.25) is 9.89 Å². The van der Waals surface area contributed by atoms with Gasteiger partial charge in [-0.1, -0.05) is 35.9 Å². The summed E-state index contributed by atoms with van der Waals surface area (Å²) in [5.74, 6) is -0.357. The largest absolute Gasteiger partial charge is 0.289 e. The van der Waals surface area contributed by atoms with E-state index in [-0.39, 0.29) is 5.91 Å². The summed E-state index contributed by atoms with van der Waals surface area (Å²) in [7, 11) is 0. The Morgan fingerprint density at radius 1 is 1.20 bits per heavy atom. The predicted molar refractivity (Wildman–Crippen MR) is 102 cm³/mol. The molecule has 1 heterocycles. The summed E-state index contributed by atoms with van der Waals surface area (Å²) in [6, 6.07) is 16.8. The highest BCUT2D eigenvalue weighted by atomic mass is 35.5. The summed E-state index contributed by atoms with van der Waals surface area (Å²) >= 11 is 7.54. The molecule has 2 N–H and O–H groups in total. The minimum absolute atomic E-state index is 0.333. The van der Waals surface area contributed by atoms with Crippen molar-refractivity contribution >= 4 is 35.5 Å². The van der Waals surface area contributed by atoms with Crippen molar-refractivity contribution in [3.63, 3.8) is 0 Å². The zero-order valence-electron chi connectivity index (χ0n) is 13.4. The molecule has 0 bridgehead atoms. The van der Waals surface area contributed by atoms with E-state index < -0.39 is 0 Å². The molecule has 7 heteroatoms. The van der Waals surface area contributed by atoms with Crippen molar-refractivity contribution in [2.45, 2.75) is 4.90 Å². The fourth-order valence-corrected chi connectivity index (χ4v) is 2.66. The van der Waals surface area contributed by atoms with Crippen LogP contribution in [0.5, 0.6) is 0 Å². The van der Waals surface area contributed by atoms with Crippen LogP contribution in [0.2, 0.25) is 5.02 Å². The van der Waals surface area contributed by atoms with Crippen molar-refractivity contribution in [3.05, 3.63) is 70.9 Å². The maximum absolute atomic E-state index is 12.1. The second-order valence-electron chi connectivity index (χ2n) is 5.15. The van der Waals surface area contributed by atoms with Crippen molar-refractivity contribution in [1.29, 1.82) is 0 Å². The van der Waals surface area contributed by atoms with Crippen LogP contribution >= 0.6 is 23.4 Å². The lowest BCUT2D eigenvalue weighted by molar-refractivity contribution is 0.0950. The third-order valence-electron chi connectivity index (χ3n) is 3.46. The van der Waals surface area contributed by atoms with E-state index >= 15 is 0 Å². The molecule has 3 aromatic rings. The molecular formula is C18H15ClN4OS. The molecule has 0 saturated heterocycles. The number of benzene rings is 2. The first-order chi connectivity index (χ1) is 12.2. The molecule has 0 aliphatic heterocycles. The Balaban J connectivity index is 1.63. The quantitative estimate of drug-likeness (QED) is 0.401. The number of hydrogen-bond donors (Lipinski definition) is 2. The summed E-state index contributed by atoms with van der Waals surface area (Å²) < 4.78 is 0. The molecule has 126 valence electrons. The number of hydrazone groups is 1. The lowest BCUT2D eigenvalue weighted by atomic mass is 10.1. The Hall–Kier alpha value is -2.57. The molecule has 0 radical (unpaired) electrons. The number of amides is 1. The highest BCUT2D eigenvalue weighted by molar-refractivity contribution is 7.98. The molecular weight excluding hydrogens is 356 g/mol. The van der Waals surface area contributed by atoms with E-state index in [1.807, 2.05) is 42.7 Å². The zero-order chi connectivity index (χ0) is 17.6. The zero-order valence-corrected chi connectivity index (χ0v) is 14.9. The Morgan fingerprint density at radius 2 is 1.92 bits per heavy atom. The van der Waals surface area contributed by atoms with Crippen LogP contribution in [0.1, 0.15) is 16.1 Å². The van der Waals surface area contributed by atoms with Gasteiger partial charge < -0.3 is 0 Å². The first kappa shape index (κ1) is 17.3. The maximum atomic E-state index is 12.1. The van der Waals surface area contributed by atoms with Crippen LogP contribution in [0.25, 0.3) is 11.3 Å². The predicted octanol–water partition coefficient (Wildman–Crippen LogP) is 4.22. The Morgan fingerprint density at radius 3 is 2.60 bits per heavy atom. The van der Waals surface area contributed by atoms with Crippen molar-refractivity contribution in [2.75, 3.05) is 6.26 Å². The van der Waals surface area contributed by atoms with Crippen LogP contribution < -0.4 is 5.43 Å². The van der Waals surface area contributed by atoms with Gasteiger partial charge in [-0.2, -0.15) is 10.2 Å². The van der Waals surface area contributed by atoms with Gasteiger partial charge in [-0.05, 0) is 42.2 Å². The van der Waals surface area contributed by atoms with Gasteiger partial charge in [-0.15, -0.1) is 11.8 Å². The molecule has 2 aromatic carbocycles. The molecule has 0 atom stereocenters. The second-order valence-corrected chi connectivity index (χ2v) is 6.46. The Labute approximate surface area is 154 Å². The van der Waals surface area contributed by atoms with E-state index in [1.165, 1.54) is 4.90 Å². The summed E-state index contributed by atoms with van der Waals surface area (Å²) in [6.07, 6.45) is 3.62. The molecule has 0 saturated carbocycles. The Kier molecular flexibility index (Phi) is 5.53. The first-order valence-electron chi connectivity index (χ1n) is 7.44. The molecule has 3 rings (SSSR count). The van der Waals surface area contributed by atoms with Crippen molar-refractivity contribution in [3.8, 4) is 11.3 Å². The molecule has 25 heavy (non-hydrogen) atoms. The third-order valence-corrected chi connectivity index (χ3v) is 4.45.